The number of rotatable bonds is 3. The number of aliphatic carboxylic acids is 1. The van der Waals surface area contributed by atoms with Crippen molar-refractivity contribution < 1.29 is 19.0 Å². The number of benzene rings is 1. The van der Waals surface area contributed by atoms with Crippen molar-refractivity contribution in [2.75, 3.05) is 18.6 Å². The van der Waals surface area contributed by atoms with E-state index in [1.54, 1.807) is 18.3 Å². The highest BCUT2D eigenvalue weighted by atomic mass is 19.1. The molecule has 1 fully saturated rings. The van der Waals surface area contributed by atoms with E-state index in [1.807, 2.05) is 4.90 Å². The van der Waals surface area contributed by atoms with E-state index in [2.05, 4.69) is 4.98 Å². The minimum Gasteiger partial charge on any atom is -0.494 e. The monoisotopic (exact) mass is 290 g/mol. The Bertz CT molecular complexity index is 705. The number of nitrogens with zero attached hydrogens (tertiary/aromatic N) is 2. The Labute approximate surface area is 121 Å². The van der Waals surface area contributed by atoms with Gasteiger partial charge in [-0.15, -0.1) is 0 Å². The lowest BCUT2D eigenvalue weighted by Gasteiger charge is -2.25. The summed E-state index contributed by atoms with van der Waals surface area (Å²) in [6.45, 7) is 0.662. The molecule has 6 heteroatoms. The van der Waals surface area contributed by atoms with Crippen LogP contribution in [0, 0.1) is 5.82 Å². The number of fused-ring (bicyclic) bond motifs is 1. The summed E-state index contributed by atoms with van der Waals surface area (Å²) in [5.41, 5.74) is 1.24. The molecule has 2 heterocycles. The number of hydrogen-bond acceptors (Lipinski definition) is 4. The van der Waals surface area contributed by atoms with Crippen LogP contribution in [-0.2, 0) is 4.79 Å². The molecule has 1 aliphatic rings. The van der Waals surface area contributed by atoms with E-state index >= 15 is 0 Å². The van der Waals surface area contributed by atoms with Crippen LogP contribution in [0.3, 0.4) is 0 Å². The number of halogens is 1. The van der Waals surface area contributed by atoms with Crippen molar-refractivity contribution in [3.8, 4) is 5.75 Å². The lowest BCUT2D eigenvalue weighted by atomic mass is 10.1. The number of carbonyl (C=O) groups is 1. The van der Waals surface area contributed by atoms with Crippen molar-refractivity contribution in [3.63, 3.8) is 0 Å². The summed E-state index contributed by atoms with van der Waals surface area (Å²) in [5, 5.41) is 10.0. The van der Waals surface area contributed by atoms with Crippen LogP contribution in [0.15, 0.2) is 24.4 Å². The highest BCUT2D eigenvalue weighted by Crippen LogP contribution is 2.34. The van der Waals surface area contributed by atoms with Crippen LogP contribution >= 0.6 is 0 Å². The van der Waals surface area contributed by atoms with Crippen LogP contribution in [-0.4, -0.2) is 35.8 Å². The zero-order chi connectivity index (χ0) is 15.0. The van der Waals surface area contributed by atoms with Gasteiger partial charge in [0.25, 0.3) is 0 Å². The molecule has 0 aliphatic carbocycles. The number of carboxylic acids is 1. The van der Waals surface area contributed by atoms with E-state index in [0.29, 0.717) is 23.9 Å². The smallest absolute Gasteiger partial charge is 0.326 e. The SMILES string of the molecule is COc1cc2c(N3CCCC3C(=O)O)ccnc2cc1F. The highest BCUT2D eigenvalue weighted by Gasteiger charge is 2.31. The van der Waals surface area contributed by atoms with Gasteiger partial charge in [0.1, 0.15) is 6.04 Å². The Kier molecular flexibility index (Phi) is 3.37. The van der Waals surface area contributed by atoms with Crippen molar-refractivity contribution in [2.45, 2.75) is 18.9 Å². The van der Waals surface area contributed by atoms with Gasteiger partial charge in [0.15, 0.2) is 11.6 Å². The summed E-state index contributed by atoms with van der Waals surface area (Å²) in [6.07, 6.45) is 3.00. The van der Waals surface area contributed by atoms with E-state index in [-0.39, 0.29) is 5.75 Å². The summed E-state index contributed by atoms with van der Waals surface area (Å²) in [6, 6.07) is 4.10. The molecule has 0 saturated carbocycles. The van der Waals surface area contributed by atoms with Gasteiger partial charge in [0.05, 0.1) is 12.6 Å². The Balaban J connectivity index is 2.16. The second-order valence-electron chi connectivity index (χ2n) is 5.02. The van der Waals surface area contributed by atoms with Crippen molar-refractivity contribution in [1.29, 1.82) is 0 Å². The maximum absolute atomic E-state index is 13.8. The van der Waals surface area contributed by atoms with Crippen molar-refractivity contribution in [1.82, 2.24) is 4.98 Å². The van der Waals surface area contributed by atoms with Gasteiger partial charge in [-0.05, 0) is 25.0 Å². The van der Waals surface area contributed by atoms with Gasteiger partial charge < -0.3 is 14.7 Å². The lowest BCUT2D eigenvalue weighted by molar-refractivity contribution is -0.138. The van der Waals surface area contributed by atoms with Gasteiger partial charge in [-0.3, -0.25) is 4.98 Å². The van der Waals surface area contributed by atoms with E-state index in [1.165, 1.54) is 13.2 Å². The van der Waals surface area contributed by atoms with E-state index in [9.17, 15) is 14.3 Å². The maximum atomic E-state index is 13.8. The Hall–Kier alpha value is -2.37. The van der Waals surface area contributed by atoms with Crippen LogP contribution in [0.5, 0.6) is 5.75 Å². The normalized spacial score (nSPS) is 18.2. The number of pyridine rings is 1. The van der Waals surface area contributed by atoms with Crippen molar-refractivity contribution >= 4 is 22.6 Å². The summed E-state index contributed by atoms with van der Waals surface area (Å²) in [4.78, 5) is 17.3. The fourth-order valence-corrected chi connectivity index (χ4v) is 2.85. The minimum absolute atomic E-state index is 0.128. The van der Waals surface area contributed by atoms with Crippen LogP contribution in [0.2, 0.25) is 0 Å². The topological polar surface area (TPSA) is 62.7 Å². The summed E-state index contributed by atoms with van der Waals surface area (Å²) in [5.74, 6) is -1.19. The molecular weight excluding hydrogens is 275 g/mol. The molecule has 3 rings (SSSR count). The minimum atomic E-state index is -0.841. The molecule has 0 bridgehead atoms. The first-order chi connectivity index (χ1) is 10.1. The predicted molar refractivity (Wildman–Crippen MR) is 76.3 cm³/mol. The predicted octanol–water partition coefficient (Wildman–Crippen LogP) is 2.44. The van der Waals surface area contributed by atoms with Crippen LogP contribution in [0.1, 0.15) is 12.8 Å². The van der Waals surface area contributed by atoms with E-state index < -0.39 is 17.8 Å². The standard InChI is InChI=1S/C15H15FN2O3/c1-21-14-7-9-11(8-10(14)16)17-5-4-12(9)18-6-2-3-13(18)15(19)20/h4-5,7-8,13H,2-3,6H2,1H3,(H,19,20). The zero-order valence-corrected chi connectivity index (χ0v) is 11.5. The second kappa shape index (κ2) is 5.20. The summed E-state index contributed by atoms with van der Waals surface area (Å²) < 4.78 is 18.8. The molecular formula is C15H15FN2O3. The first-order valence-electron chi connectivity index (χ1n) is 6.73. The fraction of sp³-hybridized carbons (Fsp3) is 0.333. The molecule has 5 nitrogen and oxygen atoms in total. The average Bonchev–Trinajstić information content (AvgIpc) is 2.95. The molecule has 1 atom stereocenters. The largest absolute Gasteiger partial charge is 0.494 e. The molecule has 1 unspecified atom stereocenters. The summed E-state index contributed by atoms with van der Waals surface area (Å²) >= 11 is 0. The number of hydrogen-bond donors (Lipinski definition) is 1. The number of anilines is 1. The van der Waals surface area contributed by atoms with Crippen LogP contribution in [0.4, 0.5) is 10.1 Å². The van der Waals surface area contributed by atoms with Gasteiger partial charge in [0.2, 0.25) is 0 Å². The Morgan fingerprint density at radius 3 is 3.05 bits per heavy atom. The van der Waals surface area contributed by atoms with Crippen LogP contribution in [0.25, 0.3) is 10.9 Å². The molecule has 1 aromatic carbocycles. The molecule has 21 heavy (non-hydrogen) atoms. The van der Waals surface area contributed by atoms with Gasteiger partial charge in [-0.2, -0.15) is 0 Å². The molecule has 2 aromatic rings. The third kappa shape index (κ3) is 2.26. The first-order valence-corrected chi connectivity index (χ1v) is 6.73. The maximum Gasteiger partial charge on any atom is 0.326 e. The van der Waals surface area contributed by atoms with E-state index in [0.717, 1.165) is 12.1 Å². The zero-order valence-electron chi connectivity index (χ0n) is 11.5. The third-order valence-corrected chi connectivity index (χ3v) is 3.84. The van der Waals surface area contributed by atoms with Gasteiger partial charge in [-0.1, -0.05) is 0 Å². The second-order valence-corrected chi connectivity index (χ2v) is 5.02. The molecule has 1 aliphatic heterocycles. The first kappa shape index (κ1) is 13.6. The lowest BCUT2D eigenvalue weighted by Crippen LogP contribution is -2.36. The number of aromatic nitrogens is 1. The molecule has 1 saturated heterocycles. The number of methoxy groups -OCH3 is 1. The Morgan fingerprint density at radius 2 is 2.33 bits per heavy atom. The molecule has 0 amide bonds. The molecule has 1 aromatic heterocycles. The van der Waals surface area contributed by atoms with Gasteiger partial charge in [0, 0.05) is 29.9 Å². The Morgan fingerprint density at radius 1 is 1.52 bits per heavy atom. The number of carboxylic acid groups (broad SMARTS) is 1. The fourth-order valence-electron chi connectivity index (χ4n) is 2.85. The summed E-state index contributed by atoms with van der Waals surface area (Å²) in [7, 11) is 1.40. The van der Waals surface area contributed by atoms with E-state index in [4.69, 9.17) is 4.74 Å². The van der Waals surface area contributed by atoms with Crippen molar-refractivity contribution in [3.05, 3.63) is 30.2 Å². The molecule has 1 N–H and O–H groups in total. The molecule has 0 spiro atoms. The van der Waals surface area contributed by atoms with Crippen molar-refractivity contribution in [2.24, 2.45) is 0 Å². The average molecular weight is 290 g/mol. The number of ether oxygens (including phenoxy) is 1. The molecule has 0 radical (unpaired) electrons. The van der Waals surface area contributed by atoms with Gasteiger partial charge >= 0.3 is 5.97 Å². The van der Waals surface area contributed by atoms with Crippen LogP contribution < -0.4 is 9.64 Å². The molecule has 110 valence electrons. The highest BCUT2D eigenvalue weighted by molar-refractivity contribution is 5.94. The third-order valence-electron chi connectivity index (χ3n) is 3.84. The quantitative estimate of drug-likeness (QED) is 0.940. The van der Waals surface area contributed by atoms with Gasteiger partial charge in [-0.25, -0.2) is 9.18 Å².